The highest BCUT2D eigenvalue weighted by Crippen LogP contribution is 2.34. The fourth-order valence-corrected chi connectivity index (χ4v) is 5.23. The van der Waals surface area contributed by atoms with Gasteiger partial charge in [0.1, 0.15) is 23.3 Å². The molecule has 5 rings (SSSR count). The van der Waals surface area contributed by atoms with Gasteiger partial charge >= 0.3 is 0 Å². The number of nitriles is 1. The molecule has 0 unspecified atom stereocenters. The summed E-state index contributed by atoms with van der Waals surface area (Å²) in [5.41, 5.74) is 2.78. The fraction of sp³-hybridized carbons (Fsp3) is 0.200. The number of allylic oxidation sites excluding steroid dienone is 1. The Kier molecular flexibility index (Phi) is 5.53. The second kappa shape index (κ2) is 8.77. The number of fused-ring (bicyclic) bond motifs is 3. The molecule has 0 radical (unpaired) electrons. The van der Waals surface area contributed by atoms with Crippen LogP contribution in [0.1, 0.15) is 40.4 Å². The highest BCUT2D eigenvalue weighted by Gasteiger charge is 2.20. The summed E-state index contributed by atoms with van der Waals surface area (Å²) in [4.78, 5) is 26.6. The molecule has 0 atom stereocenters. The van der Waals surface area contributed by atoms with E-state index in [1.807, 2.05) is 42.5 Å². The lowest BCUT2D eigenvalue weighted by molar-refractivity contribution is 0.300. The molecule has 3 heterocycles. The average Bonchev–Trinajstić information content (AvgIpc) is 3.21. The third-order valence-electron chi connectivity index (χ3n) is 5.52. The van der Waals surface area contributed by atoms with Gasteiger partial charge in [-0.2, -0.15) is 5.26 Å². The first-order chi connectivity index (χ1) is 15.7. The molecule has 7 heteroatoms. The van der Waals surface area contributed by atoms with E-state index in [4.69, 9.17) is 4.74 Å². The molecule has 0 amide bonds. The molecule has 3 aromatic heterocycles. The maximum Gasteiger partial charge on any atom is 0.260 e. The number of aromatic amines is 1. The SMILES string of the molecule is N#C/C(=C\c1ccccc1OCc1ccccn1)c1nc2sc3c(c2c(=O)[nH]1)CCCC3. The van der Waals surface area contributed by atoms with Gasteiger partial charge in [-0.15, -0.1) is 11.3 Å². The van der Waals surface area contributed by atoms with Gasteiger partial charge in [-0.05, 0) is 55.5 Å². The third-order valence-corrected chi connectivity index (χ3v) is 6.71. The van der Waals surface area contributed by atoms with Crippen LogP contribution in [0.25, 0.3) is 21.9 Å². The van der Waals surface area contributed by atoms with E-state index in [-0.39, 0.29) is 17.0 Å². The number of pyridine rings is 1. The van der Waals surface area contributed by atoms with E-state index in [1.165, 1.54) is 4.88 Å². The lowest BCUT2D eigenvalue weighted by atomic mass is 9.97. The number of hydrogen-bond donors (Lipinski definition) is 1. The molecule has 1 aliphatic carbocycles. The molecule has 0 spiro atoms. The number of benzene rings is 1. The van der Waals surface area contributed by atoms with Crippen LogP contribution in [-0.4, -0.2) is 15.0 Å². The number of rotatable bonds is 5. The van der Waals surface area contributed by atoms with E-state index in [0.29, 0.717) is 22.6 Å². The third kappa shape index (κ3) is 3.93. The van der Waals surface area contributed by atoms with Gasteiger partial charge in [0.25, 0.3) is 5.56 Å². The summed E-state index contributed by atoms with van der Waals surface area (Å²) in [7, 11) is 0. The Morgan fingerprint density at radius 1 is 1.19 bits per heavy atom. The number of para-hydroxylation sites is 1. The van der Waals surface area contributed by atoms with Crippen molar-refractivity contribution in [1.82, 2.24) is 15.0 Å². The molecule has 0 saturated carbocycles. The fourth-order valence-electron chi connectivity index (χ4n) is 3.97. The Morgan fingerprint density at radius 2 is 2.03 bits per heavy atom. The first-order valence-corrected chi connectivity index (χ1v) is 11.3. The number of nitrogens with one attached hydrogen (secondary N) is 1. The average molecular weight is 441 g/mol. The number of H-pyrrole nitrogens is 1. The summed E-state index contributed by atoms with van der Waals surface area (Å²) in [5, 5.41) is 10.5. The molecule has 0 bridgehead atoms. The predicted molar refractivity (Wildman–Crippen MR) is 125 cm³/mol. The van der Waals surface area contributed by atoms with E-state index in [0.717, 1.165) is 42.5 Å². The Balaban J connectivity index is 1.50. The zero-order chi connectivity index (χ0) is 21.9. The summed E-state index contributed by atoms with van der Waals surface area (Å²) in [6.45, 7) is 0.315. The van der Waals surface area contributed by atoms with Crippen molar-refractivity contribution in [3.63, 3.8) is 0 Å². The Hall–Kier alpha value is -3.76. The van der Waals surface area contributed by atoms with E-state index in [2.05, 4.69) is 21.0 Å². The summed E-state index contributed by atoms with van der Waals surface area (Å²) >= 11 is 1.57. The molecular weight excluding hydrogens is 420 g/mol. The summed E-state index contributed by atoms with van der Waals surface area (Å²) in [6, 6.07) is 15.3. The first-order valence-electron chi connectivity index (χ1n) is 10.5. The largest absolute Gasteiger partial charge is 0.487 e. The van der Waals surface area contributed by atoms with Gasteiger partial charge in [0.05, 0.1) is 16.7 Å². The summed E-state index contributed by atoms with van der Waals surface area (Å²) < 4.78 is 5.95. The number of thiophene rings is 1. The second-order valence-electron chi connectivity index (χ2n) is 7.62. The predicted octanol–water partition coefficient (Wildman–Crippen LogP) is 4.90. The van der Waals surface area contributed by atoms with E-state index >= 15 is 0 Å². The molecule has 1 N–H and O–H groups in total. The van der Waals surface area contributed by atoms with Crippen LogP contribution in [0, 0.1) is 11.3 Å². The molecule has 1 aromatic carbocycles. The van der Waals surface area contributed by atoms with Crippen molar-refractivity contribution in [1.29, 1.82) is 5.26 Å². The lowest BCUT2D eigenvalue weighted by Gasteiger charge is -2.10. The quantitative estimate of drug-likeness (QED) is 0.446. The summed E-state index contributed by atoms with van der Waals surface area (Å²) in [6.07, 6.45) is 7.57. The van der Waals surface area contributed by atoms with Crippen molar-refractivity contribution in [2.75, 3.05) is 0 Å². The van der Waals surface area contributed by atoms with Crippen molar-refractivity contribution in [2.45, 2.75) is 32.3 Å². The van der Waals surface area contributed by atoms with Crippen LogP contribution in [0.2, 0.25) is 0 Å². The lowest BCUT2D eigenvalue weighted by Crippen LogP contribution is -2.12. The van der Waals surface area contributed by atoms with Crippen molar-refractivity contribution >= 4 is 33.2 Å². The zero-order valence-electron chi connectivity index (χ0n) is 17.3. The molecule has 1 aliphatic rings. The van der Waals surface area contributed by atoms with Crippen LogP contribution in [0.15, 0.2) is 53.5 Å². The minimum atomic E-state index is -0.176. The smallest absolute Gasteiger partial charge is 0.260 e. The minimum Gasteiger partial charge on any atom is -0.487 e. The number of aryl methyl sites for hydroxylation is 2. The number of ether oxygens (including phenoxy) is 1. The Labute approximate surface area is 188 Å². The number of hydrogen-bond acceptors (Lipinski definition) is 6. The maximum absolute atomic E-state index is 12.9. The minimum absolute atomic E-state index is 0.176. The zero-order valence-corrected chi connectivity index (χ0v) is 18.1. The van der Waals surface area contributed by atoms with Gasteiger partial charge in [0, 0.05) is 16.6 Å². The maximum atomic E-state index is 12.9. The molecule has 158 valence electrons. The second-order valence-corrected chi connectivity index (χ2v) is 8.71. The van der Waals surface area contributed by atoms with Crippen molar-refractivity contribution in [3.05, 3.63) is 86.5 Å². The number of nitrogens with zero attached hydrogens (tertiary/aromatic N) is 3. The molecule has 0 fully saturated rings. The van der Waals surface area contributed by atoms with Gasteiger partial charge in [0.2, 0.25) is 0 Å². The van der Waals surface area contributed by atoms with Crippen molar-refractivity contribution in [3.8, 4) is 11.8 Å². The van der Waals surface area contributed by atoms with E-state index in [1.54, 1.807) is 23.6 Å². The normalized spacial score (nSPS) is 13.5. The van der Waals surface area contributed by atoms with E-state index in [9.17, 15) is 10.1 Å². The Bertz CT molecular complexity index is 1410. The number of aromatic nitrogens is 3. The van der Waals surface area contributed by atoms with Crippen molar-refractivity contribution < 1.29 is 4.74 Å². The van der Waals surface area contributed by atoms with Crippen LogP contribution >= 0.6 is 11.3 Å². The molecule has 0 saturated heterocycles. The van der Waals surface area contributed by atoms with Crippen molar-refractivity contribution in [2.24, 2.45) is 0 Å². The standard InChI is InChI=1S/C25H20N4O2S/c26-14-17(13-16-7-1-3-10-20(16)31-15-18-8-5-6-12-27-18)23-28-24(30)22-19-9-2-4-11-21(19)32-25(22)29-23/h1,3,5-8,10,12-13H,2,4,9,11,15H2,(H,28,29,30)/b17-13+. The first kappa shape index (κ1) is 20.2. The van der Waals surface area contributed by atoms with Gasteiger partial charge in [-0.3, -0.25) is 9.78 Å². The molecular formula is C25H20N4O2S. The molecule has 32 heavy (non-hydrogen) atoms. The van der Waals surface area contributed by atoms with E-state index < -0.39 is 0 Å². The Morgan fingerprint density at radius 3 is 2.88 bits per heavy atom. The van der Waals surface area contributed by atoms with Crippen LogP contribution in [-0.2, 0) is 19.4 Å². The topological polar surface area (TPSA) is 91.7 Å². The summed E-state index contributed by atoms with van der Waals surface area (Å²) in [5.74, 6) is 0.907. The van der Waals surface area contributed by atoms with Gasteiger partial charge in [-0.1, -0.05) is 24.3 Å². The van der Waals surface area contributed by atoms with Gasteiger partial charge < -0.3 is 9.72 Å². The van der Waals surface area contributed by atoms with Crippen LogP contribution < -0.4 is 10.3 Å². The monoisotopic (exact) mass is 440 g/mol. The van der Waals surface area contributed by atoms with Gasteiger partial charge in [0.15, 0.2) is 5.82 Å². The molecule has 6 nitrogen and oxygen atoms in total. The molecule has 0 aliphatic heterocycles. The highest BCUT2D eigenvalue weighted by atomic mass is 32.1. The van der Waals surface area contributed by atoms with Crippen LogP contribution in [0.4, 0.5) is 0 Å². The van der Waals surface area contributed by atoms with Crippen LogP contribution in [0.3, 0.4) is 0 Å². The van der Waals surface area contributed by atoms with Gasteiger partial charge in [-0.25, -0.2) is 4.98 Å². The highest BCUT2D eigenvalue weighted by molar-refractivity contribution is 7.18. The van der Waals surface area contributed by atoms with Crippen LogP contribution in [0.5, 0.6) is 5.75 Å². The molecule has 4 aromatic rings.